The van der Waals surface area contributed by atoms with Crippen LogP contribution < -0.4 is 0 Å². The average molecular weight is 214 g/mol. The van der Waals surface area contributed by atoms with Gasteiger partial charge in [0.1, 0.15) is 11.4 Å². The quantitative estimate of drug-likeness (QED) is 0.714. The Balaban J connectivity index is 2.47. The number of hydrogen-bond acceptors (Lipinski definition) is 4. The Labute approximate surface area is 92.2 Å². The van der Waals surface area contributed by atoms with Crippen LogP contribution in [-0.2, 0) is 9.57 Å². The Morgan fingerprint density at radius 2 is 2.27 bits per heavy atom. The van der Waals surface area contributed by atoms with Crippen LogP contribution in [0.2, 0.25) is 0 Å². The van der Waals surface area contributed by atoms with Crippen LogP contribution in [0.1, 0.15) is 27.2 Å². The Kier molecular flexibility index (Phi) is 3.97. The second-order valence-corrected chi connectivity index (χ2v) is 4.66. The van der Waals surface area contributed by atoms with E-state index < -0.39 is 0 Å². The van der Waals surface area contributed by atoms with E-state index >= 15 is 0 Å². The highest BCUT2D eigenvalue weighted by Gasteiger charge is 2.38. The maximum Gasteiger partial charge on any atom is 0.148 e. The molecule has 15 heavy (non-hydrogen) atoms. The van der Waals surface area contributed by atoms with Crippen LogP contribution in [0.3, 0.4) is 0 Å². The summed E-state index contributed by atoms with van der Waals surface area (Å²) in [5, 5.41) is 4.15. The number of ether oxygens (including phenoxy) is 1. The van der Waals surface area contributed by atoms with Gasteiger partial charge in [-0.2, -0.15) is 0 Å². The zero-order valence-electron chi connectivity index (χ0n) is 10.4. The maximum absolute atomic E-state index is 5.52. The van der Waals surface area contributed by atoms with Gasteiger partial charge in [0.15, 0.2) is 0 Å². The van der Waals surface area contributed by atoms with E-state index in [0.29, 0.717) is 12.5 Å². The molecule has 0 spiro atoms. The highest BCUT2D eigenvalue weighted by atomic mass is 16.7. The number of likely N-dealkylation sites (N-methyl/N-ethyl adjacent to an activating group) is 1. The van der Waals surface area contributed by atoms with Crippen molar-refractivity contribution < 1.29 is 9.57 Å². The molecule has 1 aliphatic rings. The summed E-state index contributed by atoms with van der Waals surface area (Å²) in [5.74, 6) is 1.48. The molecule has 0 aromatic rings. The largest absolute Gasteiger partial charge is 0.387 e. The zero-order chi connectivity index (χ0) is 11.5. The lowest BCUT2D eigenvalue weighted by atomic mass is 9.89. The summed E-state index contributed by atoms with van der Waals surface area (Å²) in [6.07, 6.45) is 0.880. The molecular weight excluding hydrogens is 192 g/mol. The van der Waals surface area contributed by atoms with E-state index in [1.54, 1.807) is 7.11 Å². The van der Waals surface area contributed by atoms with E-state index in [0.717, 1.165) is 18.8 Å². The van der Waals surface area contributed by atoms with Crippen molar-refractivity contribution in [1.82, 2.24) is 4.90 Å². The molecule has 0 fully saturated rings. The highest BCUT2D eigenvalue weighted by molar-refractivity contribution is 5.83. The molecule has 4 nitrogen and oxygen atoms in total. The lowest BCUT2D eigenvalue weighted by molar-refractivity contribution is -0.0384. The minimum atomic E-state index is -0.142. The molecule has 1 unspecified atom stereocenters. The molecule has 0 saturated heterocycles. The molecule has 1 heterocycles. The summed E-state index contributed by atoms with van der Waals surface area (Å²) in [7, 11) is 3.73. The van der Waals surface area contributed by atoms with Crippen molar-refractivity contribution in [2.24, 2.45) is 11.1 Å². The number of hydrogen-bond donors (Lipinski definition) is 0. The van der Waals surface area contributed by atoms with Gasteiger partial charge in [-0.05, 0) is 12.8 Å². The maximum atomic E-state index is 5.52. The minimum absolute atomic E-state index is 0.142. The Bertz CT molecular complexity index is 241. The van der Waals surface area contributed by atoms with Crippen LogP contribution in [0.15, 0.2) is 5.16 Å². The van der Waals surface area contributed by atoms with Crippen molar-refractivity contribution in [3.8, 4) is 0 Å². The van der Waals surface area contributed by atoms with E-state index in [9.17, 15) is 0 Å². The third kappa shape index (κ3) is 2.84. The number of methoxy groups -OCH3 is 1. The van der Waals surface area contributed by atoms with Crippen molar-refractivity contribution in [3.05, 3.63) is 0 Å². The minimum Gasteiger partial charge on any atom is -0.387 e. The molecule has 0 radical (unpaired) electrons. The van der Waals surface area contributed by atoms with E-state index in [-0.39, 0.29) is 5.60 Å². The molecular formula is C11H22N2O2. The first kappa shape index (κ1) is 12.3. The number of amidine groups is 1. The van der Waals surface area contributed by atoms with E-state index in [2.05, 4.69) is 30.8 Å². The van der Waals surface area contributed by atoms with Crippen molar-refractivity contribution in [2.75, 3.05) is 27.3 Å². The van der Waals surface area contributed by atoms with Crippen LogP contribution in [0.5, 0.6) is 0 Å². The molecule has 0 aromatic carbocycles. The van der Waals surface area contributed by atoms with Crippen molar-refractivity contribution in [2.45, 2.75) is 32.8 Å². The standard InChI is InChI=1S/C11H22N2O2/c1-9(2)11(3)8-10(12-15-11)13(4)6-7-14-5/h9H,6-8H2,1-5H3. The van der Waals surface area contributed by atoms with Crippen LogP contribution in [-0.4, -0.2) is 43.6 Å². The summed E-state index contributed by atoms with van der Waals surface area (Å²) in [6.45, 7) is 8.00. The predicted octanol–water partition coefficient (Wildman–Crippen LogP) is 1.71. The molecule has 1 rings (SSSR count). The second kappa shape index (κ2) is 4.84. The van der Waals surface area contributed by atoms with Crippen LogP contribution in [0, 0.1) is 5.92 Å². The van der Waals surface area contributed by atoms with Gasteiger partial charge in [-0.15, -0.1) is 0 Å². The first-order valence-electron chi connectivity index (χ1n) is 5.44. The summed E-state index contributed by atoms with van der Waals surface area (Å²) in [4.78, 5) is 7.62. The topological polar surface area (TPSA) is 34.1 Å². The molecule has 0 saturated carbocycles. The third-order valence-electron chi connectivity index (χ3n) is 3.16. The van der Waals surface area contributed by atoms with Gasteiger partial charge in [-0.25, -0.2) is 0 Å². The smallest absolute Gasteiger partial charge is 0.148 e. The van der Waals surface area contributed by atoms with E-state index in [1.807, 2.05) is 7.05 Å². The predicted molar refractivity (Wildman–Crippen MR) is 60.9 cm³/mol. The molecule has 0 aliphatic carbocycles. The van der Waals surface area contributed by atoms with Crippen molar-refractivity contribution >= 4 is 5.84 Å². The molecule has 0 aromatic heterocycles. The summed E-state index contributed by atoms with van der Waals surface area (Å²) in [6, 6.07) is 0. The number of nitrogens with zero attached hydrogens (tertiary/aromatic N) is 2. The molecule has 4 heteroatoms. The van der Waals surface area contributed by atoms with Gasteiger partial charge in [-0.3, -0.25) is 0 Å². The lowest BCUT2D eigenvalue weighted by Gasteiger charge is -2.26. The fourth-order valence-corrected chi connectivity index (χ4v) is 1.41. The van der Waals surface area contributed by atoms with Gasteiger partial charge in [0.25, 0.3) is 0 Å². The zero-order valence-corrected chi connectivity index (χ0v) is 10.4. The monoisotopic (exact) mass is 214 g/mol. The van der Waals surface area contributed by atoms with Gasteiger partial charge in [0.2, 0.25) is 0 Å². The number of oxime groups is 1. The Hall–Kier alpha value is -0.770. The Morgan fingerprint density at radius 1 is 1.60 bits per heavy atom. The average Bonchev–Trinajstić information content (AvgIpc) is 2.59. The lowest BCUT2D eigenvalue weighted by Crippen LogP contribution is -2.36. The molecule has 0 amide bonds. The first-order valence-corrected chi connectivity index (χ1v) is 5.44. The molecule has 1 aliphatic heterocycles. The van der Waals surface area contributed by atoms with Gasteiger partial charge >= 0.3 is 0 Å². The summed E-state index contributed by atoms with van der Waals surface area (Å²) in [5.41, 5.74) is -0.142. The fourth-order valence-electron chi connectivity index (χ4n) is 1.41. The highest BCUT2D eigenvalue weighted by Crippen LogP contribution is 2.31. The SMILES string of the molecule is COCCN(C)C1=NOC(C)(C(C)C)C1. The van der Waals surface area contributed by atoms with Gasteiger partial charge in [0, 0.05) is 20.7 Å². The second-order valence-electron chi connectivity index (χ2n) is 4.66. The molecule has 0 N–H and O–H groups in total. The van der Waals surface area contributed by atoms with Crippen LogP contribution >= 0.6 is 0 Å². The van der Waals surface area contributed by atoms with Crippen molar-refractivity contribution in [3.63, 3.8) is 0 Å². The summed E-state index contributed by atoms with van der Waals surface area (Å²) >= 11 is 0. The molecule has 88 valence electrons. The summed E-state index contributed by atoms with van der Waals surface area (Å²) < 4.78 is 5.03. The first-order chi connectivity index (χ1) is 6.99. The Morgan fingerprint density at radius 3 is 2.73 bits per heavy atom. The van der Waals surface area contributed by atoms with Gasteiger partial charge < -0.3 is 14.5 Å². The third-order valence-corrected chi connectivity index (χ3v) is 3.16. The van der Waals surface area contributed by atoms with Gasteiger partial charge in [0.05, 0.1) is 13.0 Å². The molecule has 0 bridgehead atoms. The van der Waals surface area contributed by atoms with E-state index in [1.165, 1.54) is 0 Å². The normalized spacial score (nSPS) is 25.3. The molecule has 1 atom stereocenters. The fraction of sp³-hybridized carbons (Fsp3) is 0.909. The van der Waals surface area contributed by atoms with Crippen LogP contribution in [0.4, 0.5) is 0 Å². The van der Waals surface area contributed by atoms with E-state index in [4.69, 9.17) is 9.57 Å². The van der Waals surface area contributed by atoms with Crippen LogP contribution in [0.25, 0.3) is 0 Å². The number of rotatable bonds is 4. The van der Waals surface area contributed by atoms with Crippen molar-refractivity contribution in [1.29, 1.82) is 0 Å². The van der Waals surface area contributed by atoms with Gasteiger partial charge in [-0.1, -0.05) is 19.0 Å².